The summed E-state index contributed by atoms with van der Waals surface area (Å²) >= 11 is 0. The molecule has 0 spiro atoms. The van der Waals surface area contributed by atoms with E-state index in [0.29, 0.717) is 60.8 Å². The quantitative estimate of drug-likeness (QED) is 0.627. The molecule has 3 heterocycles. The number of aryl methyl sites for hydroxylation is 3. The van der Waals surface area contributed by atoms with E-state index in [1.165, 1.54) is 4.31 Å². The number of rotatable bonds is 7. The van der Waals surface area contributed by atoms with E-state index in [1.807, 2.05) is 32.0 Å². The van der Waals surface area contributed by atoms with Crippen molar-refractivity contribution in [2.75, 3.05) is 38.0 Å². The Balaban J connectivity index is 1.29. The topological polar surface area (TPSA) is 101 Å². The van der Waals surface area contributed by atoms with Gasteiger partial charge in [0.1, 0.15) is 12.2 Å². The number of hydrogen-bond donors (Lipinski definition) is 1. The van der Waals surface area contributed by atoms with Crippen molar-refractivity contribution in [3.63, 3.8) is 0 Å². The molecule has 35 heavy (non-hydrogen) atoms. The summed E-state index contributed by atoms with van der Waals surface area (Å²) in [6, 6.07) is 9.10. The number of anilines is 1. The highest BCUT2D eigenvalue weighted by atomic mass is 32.2. The van der Waals surface area contributed by atoms with Crippen LogP contribution in [0.5, 0.6) is 5.88 Å². The van der Waals surface area contributed by atoms with Crippen LogP contribution in [0.4, 0.5) is 5.69 Å². The maximum absolute atomic E-state index is 13.2. The molecule has 1 aromatic carbocycles. The SMILES string of the molecule is COC1CN(C(=O)c2cc(C)ccc2C)CC1Oc1cc(NS(=O)(=O)N2C[C@H]3C[C@@H]3C2)cc(C)n1. The Hall–Kier alpha value is -2.69. The van der Waals surface area contributed by atoms with Crippen molar-refractivity contribution in [1.82, 2.24) is 14.2 Å². The van der Waals surface area contributed by atoms with Crippen LogP contribution in [0.1, 0.15) is 33.6 Å². The van der Waals surface area contributed by atoms with Crippen LogP contribution in [0, 0.1) is 32.6 Å². The molecule has 0 bridgehead atoms. The fraction of sp³-hybridized carbons (Fsp3) is 0.520. The number of methoxy groups -OCH3 is 1. The fourth-order valence-corrected chi connectivity index (χ4v) is 6.38. The molecule has 1 aliphatic carbocycles. The van der Waals surface area contributed by atoms with Crippen molar-refractivity contribution in [1.29, 1.82) is 0 Å². The number of benzene rings is 1. The molecule has 3 fully saturated rings. The Morgan fingerprint density at radius 1 is 1.03 bits per heavy atom. The minimum atomic E-state index is -3.63. The van der Waals surface area contributed by atoms with Gasteiger partial charge >= 0.3 is 10.2 Å². The standard InChI is InChI=1S/C25H32N4O5S/c1-15-5-6-16(2)21(7-15)25(30)28-13-22(33-4)23(14-28)34-24-10-20(8-17(3)26-24)27-35(31,32)29-11-18-9-19(18)12-29/h5-8,10,18-19,22-23H,9,11-14H2,1-4H3,(H,26,27)/t18-,19-,22?,23?/m1/s1. The van der Waals surface area contributed by atoms with Crippen LogP contribution in [-0.2, 0) is 14.9 Å². The maximum atomic E-state index is 13.2. The van der Waals surface area contributed by atoms with Crippen LogP contribution in [0.3, 0.4) is 0 Å². The number of pyridine rings is 1. The zero-order chi connectivity index (χ0) is 24.9. The third-order valence-electron chi connectivity index (χ3n) is 7.16. The Kier molecular flexibility index (Phi) is 6.23. The smallest absolute Gasteiger partial charge is 0.301 e. The van der Waals surface area contributed by atoms with Gasteiger partial charge in [0.2, 0.25) is 5.88 Å². The van der Waals surface area contributed by atoms with Gasteiger partial charge in [-0.05, 0) is 56.7 Å². The number of nitrogens with one attached hydrogen (secondary N) is 1. The van der Waals surface area contributed by atoms with Gasteiger partial charge in [0.15, 0.2) is 0 Å². The van der Waals surface area contributed by atoms with Gasteiger partial charge in [0.25, 0.3) is 5.91 Å². The van der Waals surface area contributed by atoms with Gasteiger partial charge in [-0.3, -0.25) is 9.52 Å². The molecule has 2 aromatic rings. The van der Waals surface area contributed by atoms with E-state index in [1.54, 1.807) is 31.1 Å². The van der Waals surface area contributed by atoms with Crippen molar-refractivity contribution < 1.29 is 22.7 Å². The summed E-state index contributed by atoms with van der Waals surface area (Å²) in [5.41, 5.74) is 3.65. The molecule has 1 amide bonds. The van der Waals surface area contributed by atoms with Crippen molar-refractivity contribution >= 4 is 21.8 Å². The number of hydrogen-bond acceptors (Lipinski definition) is 6. The molecule has 3 aliphatic rings. The summed E-state index contributed by atoms with van der Waals surface area (Å²) in [5.74, 6) is 1.24. The molecular weight excluding hydrogens is 468 g/mol. The number of aromatic nitrogens is 1. The second kappa shape index (κ2) is 9.07. The average Bonchev–Trinajstić information content (AvgIpc) is 3.20. The summed E-state index contributed by atoms with van der Waals surface area (Å²) in [6.07, 6.45) is 0.366. The summed E-state index contributed by atoms with van der Waals surface area (Å²) < 4.78 is 41.6. The van der Waals surface area contributed by atoms with E-state index in [-0.39, 0.29) is 12.0 Å². The lowest BCUT2D eigenvalue weighted by Crippen LogP contribution is -2.35. The van der Waals surface area contributed by atoms with Gasteiger partial charge in [-0.1, -0.05) is 17.7 Å². The lowest BCUT2D eigenvalue weighted by molar-refractivity contribution is 0.0319. The van der Waals surface area contributed by atoms with Gasteiger partial charge in [-0.15, -0.1) is 0 Å². The normalized spacial score (nSPS) is 26.0. The summed E-state index contributed by atoms with van der Waals surface area (Å²) in [7, 11) is -2.03. The van der Waals surface area contributed by atoms with Gasteiger partial charge in [-0.25, -0.2) is 4.98 Å². The third-order valence-corrected chi connectivity index (χ3v) is 8.63. The number of piperidine rings is 1. The minimum Gasteiger partial charge on any atom is -0.470 e. The molecule has 9 nitrogen and oxygen atoms in total. The molecule has 2 saturated heterocycles. The van der Waals surface area contributed by atoms with Crippen molar-refractivity contribution in [2.45, 2.75) is 39.4 Å². The first-order valence-electron chi connectivity index (χ1n) is 12.0. The molecule has 188 valence electrons. The van der Waals surface area contributed by atoms with E-state index in [4.69, 9.17) is 9.47 Å². The predicted octanol–water partition coefficient (Wildman–Crippen LogP) is 2.53. The molecule has 1 saturated carbocycles. The Labute approximate surface area is 206 Å². The molecule has 10 heteroatoms. The first-order chi connectivity index (χ1) is 16.6. The van der Waals surface area contributed by atoms with E-state index >= 15 is 0 Å². The number of carbonyl (C=O) groups excluding carboxylic acids is 1. The van der Waals surface area contributed by atoms with Gasteiger partial charge in [0.05, 0.1) is 18.8 Å². The number of amides is 1. The molecule has 5 rings (SSSR count). The lowest BCUT2D eigenvalue weighted by atomic mass is 10.0. The second-order valence-corrected chi connectivity index (χ2v) is 11.6. The molecule has 4 atom stereocenters. The first kappa shape index (κ1) is 24.0. The Bertz CT molecular complexity index is 1240. The van der Waals surface area contributed by atoms with E-state index in [9.17, 15) is 13.2 Å². The van der Waals surface area contributed by atoms with E-state index < -0.39 is 16.3 Å². The third kappa shape index (κ3) is 5.00. The fourth-order valence-electron chi connectivity index (χ4n) is 5.06. The summed E-state index contributed by atoms with van der Waals surface area (Å²) in [6.45, 7) is 7.58. The van der Waals surface area contributed by atoms with Crippen LogP contribution < -0.4 is 9.46 Å². The number of ether oxygens (including phenoxy) is 2. The lowest BCUT2D eigenvalue weighted by Gasteiger charge is -2.21. The van der Waals surface area contributed by atoms with E-state index in [0.717, 1.165) is 17.5 Å². The first-order valence-corrected chi connectivity index (χ1v) is 13.4. The summed E-state index contributed by atoms with van der Waals surface area (Å²) in [4.78, 5) is 19.4. The average molecular weight is 501 g/mol. The number of likely N-dealkylation sites (tertiary alicyclic amines) is 1. The zero-order valence-electron chi connectivity index (χ0n) is 20.5. The highest BCUT2D eigenvalue weighted by Gasteiger charge is 2.48. The molecule has 1 N–H and O–H groups in total. The highest BCUT2D eigenvalue weighted by Crippen LogP contribution is 2.45. The predicted molar refractivity (Wildman–Crippen MR) is 132 cm³/mol. The summed E-state index contributed by atoms with van der Waals surface area (Å²) in [5, 5.41) is 0. The van der Waals surface area contributed by atoms with Crippen molar-refractivity contribution in [3.8, 4) is 5.88 Å². The van der Waals surface area contributed by atoms with Gasteiger partial charge in [0, 0.05) is 37.5 Å². The molecule has 1 aromatic heterocycles. The molecule has 2 unspecified atom stereocenters. The monoisotopic (exact) mass is 500 g/mol. The number of nitrogens with zero attached hydrogens (tertiary/aromatic N) is 3. The van der Waals surface area contributed by atoms with Gasteiger partial charge in [-0.2, -0.15) is 12.7 Å². The van der Waals surface area contributed by atoms with E-state index in [2.05, 4.69) is 9.71 Å². The van der Waals surface area contributed by atoms with Crippen molar-refractivity contribution in [2.24, 2.45) is 11.8 Å². The second-order valence-electron chi connectivity index (χ2n) is 9.97. The molecule has 2 aliphatic heterocycles. The number of carbonyl (C=O) groups is 1. The highest BCUT2D eigenvalue weighted by molar-refractivity contribution is 7.90. The Morgan fingerprint density at radius 3 is 2.46 bits per heavy atom. The maximum Gasteiger partial charge on any atom is 0.301 e. The molecular formula is C25H32N4O5S. The van der Waals surface area contributed by atoms with Crippen LogP contribution in [0.25, 0.3) is 0 Å². The van der Waals surface area contributed by atoms with Crippen molar-refractivity contribution in [3.05, 3.63) is 52.7 Å². The Morgan fingerprint density at radius 2 is 1.74 bits per heavy atom. The van der Waals surface area contributed by atoms with Crippen LogP contribution in [0.15, 0.2) is 30.3 Å². The van der Waals surface area contributed by atoms with Gasteiger partial charge < -0.3 is 14.4 Å². The zero-order valence-corrected chi connectivity index (χ0v) is 21.3. The minimum absolute atomic E-state index is 0.0614. The van der Waals surface area contributed by atoms with Crippen LogP contribution in [0.2, 0.25) is 0 Å². The van der Waals surface area contributed by atoms with Crippen LogP contribution >= 0.6 is 0 Å². The molecule has 0 radical (unpaired) electrons. The van der Waals surface area contributed by atoms with Crippen LogP contribution in [-0.4, -0.2) is 74.0 Å². The largest absolute Gasteiger partial charge is 0.470 e. The number of fused-ring (bicyclic) bond motifs is 1.